The molecule has 1 aromatic carbocycles. The van der Waals surface area contributed by atoms with E-state index in [1.807, 2.05) is 26.0 Å². The van der Waals surface area contributed by atoms with Crippen LogP contribution in [0.5, 0.6) is 5.75 Å². The molecule has 0 aromatic heterocycles. The zero-order valence-electron chi connectivity index (χ0n) is 10.3. The minimum Gasteiger partial charge on any atom is -0.507 e. The first-order chi connectivity index (χ1) is 8.04. The van der Waals surface area contributed by atoms with Crippen LogP contribution < -0.4 is 5.32 Å². The molecular formula is C13H20BrNO2. The second-order valence-electron chi connectivity index (χ2n) is 4.26. The first-order valence-electron chi connectivity index (χ1n) is 5.91. The van der Waals surface area contributed by atoms with Gasteiger partial charge in [0.05, 0.1) is 6.10 Å². The van der Waals surface area contributed by atoms with Crippen LogP contribution in [0.2, 0.25) is 0 Å². The van der Waals surface area contributed by atoms with E-state index in [1.165, 1.54) is 0 Å². The van der Waals surface area contributed by atoms with Crippen molar-refractivity contribution in [2.45, 2.75) is 39.3 Å². The molecule has 0 radical (unpaired) electrons. The van der Waals surface area contributed by atoms with Gasteiger partial charge in [-0.25, -0.2) is 0 Å². The van der Waals surface area contributed by atoms with Crippen LogP contribution in [0, 0.1) is 6.92 Å². The molecule has 0 heterocycles. The van der Waals surface area contributed by atoms with E-state index >= 15 is 0 Å². The summed E-state index contributed by atoms with van der Waals surface area (Å²) in [7, 11) is 0. The Hall–Kier alpha value is -0.580. The Morgan fingerprint density at radius 2 is 2.12 bits per heavy atom. The molecule has 1 aromatic rings. The molecule has 0 amide bonds. The molecule has 4 heteroatoms. The van der Waals surface area contributed by atoms with E-state index in [2.05, 4.69) is 21.2 Å². The van der Waals surface area contributed by atoms with Gasteiger partial charge in [-0.15, -0.1) is 0 Å². The Morgan fingerprint density at radius 3 is 2.76 bits per heavy atom. The number of aromatic hydroxyl groups is 1. The third-order valence-electron chi connectivity index (χ3n) is 2.79. The summed E-state index contributed by atoms with van der Waals surface area (Å²) < 4.78 is 0.971. The largest absolute Gasteiger partial charge is 0.507 e. The molecule has 0 saturated heterocycles. The number of aliphatic hydroxyl groups is 1. The second-order valence-corrected chi connectivity index (χ2v) is 5.17. The number of benzene rings is 1. The SMILES string of the molecule is CCC(O)CCNCc1cc(Br)cc(C)c1O. The molecule has 0 aliphatic carbocycles. The first-order valence-corrected chi connectivity index (χ1v) is 6.70. The van der Waals surface area contributed by atoms with Crippen molar-refractivity contribution in [3.05, 3.63) is 27.7 Å². The van der Waals surface area contributed by atoms with Crippen molar-refractivity contribution in [1.29, 1.82) is 0 Å². The fourth-order valence-electron chi connectivity index (χ4n) is 1.64. The van der Waals surface area contributed by atoms with Gasteiger partial charge in [-0.1, -0.05) is 22.9 Å². The predicted octanol–water partition coefficient (Wildman–Crippen LogP) is 2.71. The van der Waals surface area contributed by atoms with Crippen LogP contribution in [-0.2, 0) is 6.54 Å². The third kappa shape index (κ3) is 4.66. The molecule has 0 spiro atoms. The number of rotatable bonds is 6. The smallest absolute Gasteiger partial charge is 0.123 e. The first kappa shape index (κ1) is 14.5. The minimum atomic E-state index is -0.236. The molecule has 96 valence electrons. The summed E-state index contributed by atoms with van der Waals surface area (Å²) in [6, 6.07) is 3.80. The highest BCUT2D eigenvalue weighted by molar-refractivity contribution is 9.10. The lowest BCUT2D eigenvalue weighted by atomic mass is 10.1. The van der Waals surface area contributed by atoms with Crippen molar-refractivity contribution in [2.75, 3.05) is 6.54 Å². The number of aliphatic hydroxyl groups excluding tert-OH is 1. The zero-order valence-corrected chi connectivity index (χ0v) is 11.9. The Morgan fingerprint density at radius 1 is 1.41 bits per heavy atom. The standard InChI is InChI=1S/C13H20BrNO2/c1-3-12(16)4-5-15-8-10-7-11(14)6-9(2)13(10)17/h6-7,12,15-17H,3-5,8H2,1-2H3. The topological polar surface area (TPSA) is 52.5 Å². The van der Waals surface area contributed by atoms with Gasteiger partial charge in [0.25, 0.3) is 0 Å². The van der Waals surface area contributed by atoms with Crippen LogP contribution in [-0.4, -0.2) is 22.9 Å². The van der Waals surface area contributed by atoms with Gasteiger partial charge in [-0.3, -0.25) is 0 Å². The van der Waals surface area contributed by atoms with Gasteiger partial charge in [-0.05, 0) is 44.0 Å². The normalized spacial score (nSPS) is 12.7. The number of phenolic OH excluding ortho intramolecular Hbond substituents is 1. The van der Waals surface area contributed by atoms with Gasteiger partial charge < -0.3 is 15.5 Å². The summed E-state index contributed by atoms with van der Waals surface area (Å²) in [5.74, 6) is 0.344. The van der Waals surface area contributed by atoms with Crippen LogP contribution >= 0.6 is 15.9 Å². The molecule has 17 heavy (non-hydrogen) atoms. The van der Waals surface area contributed by atoms with Gasteiger partial charge in [0.15, 0.2) is 0 Å². The van der Waals surface area contributed by atoms with E-state index in [4.69, 9.17) is 0 Å². The van der Waals surface area contributed by atoms with E-state index in [0.717, 1.165) is 35.0 Å². The van der Waals surface area contributed by atoms with Gasteiger partial charge >= 0.3 is 0 Å². The van der Waals surface area contributed by atoms with E-state index in [0.29, 0.717) is 12.3 Å². The second kappa shape index (κ2) is 6.99. The lowest BCUT2D eigenvalue weighted by Gasteiger charge is -2.11. The number of aryl methyl sites for hydroxylation is 1. The van der Waals surface area contributed by atoms with E-state index in [9.17, 15) is 10.2 Å². The van der Waals surface area contributed by atoms with E-state index in [-0.39, 0.29) is 6.10 Å². The fourth-order valence-corrected chi connectivity index (χ4v) is 2.26. The van der Waals surface area contributed by atoms with Crippen LogP contribution in [0.1, 0.15) is 30.9 Å². The minimum absolute atomic E-state index is 0.236. The van der Waals surface area contributed by atoms with E-state index in [1.54, 1.807) is 0 Å². The van der Waals surface area contributed by atoms with Crippen molar-refractivity contribution >= 4 is 15.9 Å². The number of hydrogen-bond acceptors (Lipinski definition) is 3. The Balaban J connectivity index is 2.47. The fraction of sp³-hybridized carbons (Fsp3) is 0.538. The number of phenols is 1. The van der Waals surface area contributed by atoms with Crippen molar-refractivity contribution in [3.8, 4) is 5.75 Å². The molecule has 0 aliphatic rings. The number of hydrogen-bond donors (Lipinski definition) is 3. The summed E-state index contributed by atoms with van der Waals surface area (Å²) >= 11 is 3.41. The molecule has 3 nitrogen and oxygen atoms in total. The zero-order chi connectivity index (χ0) is 12.8. The van der Waals surface area contributed by atoms with Gasteiger partial charge in [-0.2, -0.15) is 0 Å². The van der Waals surface area contributed by atoms with Crippen molar-refractivity contribution in [2.24, 2.45) is 0 Å². The highest BCUT2D eigenvalue weighted by Crippen LogP contribution is 2.26. The van der Waals surface area contributed by atoms with Crippen LogP contribution in [0.4, 0.5) is 0 Å². The van der Waals surface area contributed by atoms with Crippen LogP contribution in [0.15, 0.2) is 16.6 Å². The molecule has 1 atom stereocenters. The molecule has 0 saturated carbocycles. The third-order valence-corrected chi connectivity index (χ3v) is 3.24. The summed E-state index contributed by atoms with van der Waals surface area (Å²) in [6.45, 7) is 5.21. The summed E-state index contributed by atoms with van der Waals surface area (Å²) in [6.07, 6.45) is 1.29. The summed E-state index contributed by atoms with van der Waals surface area (Å²) in [5.41, 5.74) is 1.74. The Labute approximate surface area is 111 Å². The average Bonchev–Trinajstić information content (AvgIpc) is 2.30. The average molecular weight is 302 g/mol. The van der Waals surface area contributed by atoms with Gasteiger partial charge in [0.2, 0.25) is 0 Å². The molecule has 1 rings (SSSR count). The monoisotopic (exact) mass is 301 g/mol. The van der Waals surface area contributed by atoms with Gasteiger partial charge in [0, 0.05) is 16.6 Å². The van der Waals surface area contributed by atoms with Crippen molar-refractivity contribution in [3.63, 3.8) is 0 Å². The summed E-state index contributed by atoms with van der Waals surface area (Å²) in [4.78, 5) is 0. The maximum absolute atomic E-state index is 9.87. The molecule has 0 aliphatic heterocycles. The lowest BCUT2D eigenvalue weighted by Crippen LogP contribution is -2.19. The number of nitrogens with one attached hydrogen (secondary N) is 1. The van der Waals surface area contributed by atoms with Crippen LogP contribution in [0.25, 0.3) is 0 Å². The highest BCUT2D eigenvalue weighted by Gasteiger charge is 2.06. The Bertz CT molecular complexity index is 369. The van der Waals surface area contributed by atoms with Crippen molar-refractivity contribution < 1.29 is 10.2 Å². The van der Waals surface area contributed by atoms with Gasteiger partial charge in [0.1, 0.15) is 5.75 Å². The van der Waals surface area contributed by atoms with E-state index < -0.39 is 0 Å². The van der Waals surface area contributed by atoms with Crippen molar-refractivity contribution in [1.82, 2.24) is 5.32 Å². The quantitative estimate of drug-likeness (QED) is 0.708. The van der Waals surface area contributed by atoms with Crippen LogP contribution in [0.3, 0.4) is 0 Å². The molecule has 0 bridgehead atoms. The molecule has 1 unspecified atom stereocenters. The molecule has 3 N–H and O–H groups in total. The Kier molecular flexibility index (Phi) is 5.95. The molecule has 0 fully saturated rings. The highest BCUT2D eigenvalue weighted by atomic mass is 79.9. The lowest BCUT2D eigenvalue weighted by molar-refractivity contribution is 0.159. The summed E-state index contributed by atoms with van der Waals surface area (Å²) in [5, 5.41) is 22.5. The maximum atomic E-state index is 9.87. The molecular weight excluding hydrogens is 282 g/mol. The predicted molar refractivity (Wildman–Crippen MR) is 73.2 cm³/mol. The maximum Gasteiger partial charge on any atom is 0.123 e. The number of halogens is 1.